The molecule has 2 atom stereocenters. The maximum atomic E-state index is 12.9. The van der Waals surface area contributed by atoms with Crippen molar-refractivity contribution in [2.45, 2.75) is 49.6 Å². The van der Waals surface area contributed by atoms with Crippen LogP contribution >= 0.6 is 11.8 Å². The molecule has 4 rings (SSSR count). The van der Waals surface area contributed by atoms with E-state index in [0.29, 0.717) is 10.9 Å². The first kappa shape index (κ1) is 20.4. The van der Waals surface area contributed by atoms with Gasteiger partial charge in [-0.25, -0.2) is 0 Å². The molecule has 0 fully saturated rings. The van der Waals surface area contributed by atoms with Crippen LogP contribution in [0.3, 0.4) is 0 Å². The quantitative estimate of drug-likeness (QED) is 0.610. The van der Waals surface area contributed by atoms with Gasteiger partial charge in [-0.1, -0.05) is 42.1 Å². The van der Waals surface area contributed by atoms with Crippen molar-refractivity contribution in [3.05, 3.63) is 59.2 Å². The number of nitrogens with one attached hydrogen (secondary N) is 1. The Morgan fingerprint density at radius 3 is 2.97 bits per heavy atom. The summed E-state index contributed by atoms with van der Waals surface area (Å²) in [6.07, 6.45) is 3.10. The predicted molar refractivity (Wildman–Crippen MR) is 116 cm³/mol. The van der Waals surface area contributed by atoms with E-state index in [-0.39, 0.29) is 17.2 Å². The smallest absolute Gasteiger partial charge is 0.233 e. The molecule has 0 spiro atoms. The van der Waals surface area contributed by atoms with E-state index in [1.807, 2.05) is 38.1 Å². The number of nitrogens with zero attached hydrogens (tertiary/aromatic N) is 4. The van der Waals surface area contributed by atoms with Crippen molar-refractivity contribution in [1.29, 1.82) is 0 Å². The number of aryl methyl sites for hydroxylation is 2. The van der Waals surface area contributed by atoms with Gasteiger partial charge in [0.15, 0.2) is 0 Å². The van der Waals surface area contributed by atoms with Gasteiger partial charge in [0.1, 0.15) is 11.4 Å². The van der Waals surface area contributed by atoms with Crippen LogP contribution in [0.25, 0.3) is 5.69 Å². The standard InChI is InChI=1S/C22H25N5O2S/c1-14-11-12-20(29-3)19(13-14)27-22(24-25-26-27)30-15(2)21(28)23-18-10-6-8-16-7-4-5-9-17(16)18/h4-5,7,9,11-13,15,18H,6,8,10H2,1-3H3,(H,23,28)/t15-,18+/m1/s1. The Morgan fingerprint density at radius 2 is 2.13 bits per heavy atom. The van der Waals surface area contributed by atoms with Crippen molar-refractivity contribution in [3.8, 4) is 11.4 Å². The fourth-order valence-corrected chi connectivity index (χ4v) is 4.58. The molecule has 1 heterocycles. The number of aromatic nitrogens is 4. The number of amides is 1. The second kappa shape index (κ2) is 8.87. The zero-order valence-corrected chi connectivity index (χ0v) is 18.1. The lowest BCUT2D eigenvalue weighted by atomic mass is 9.88. The monoisotopic (exact) mass is 423 g/mol. The number of hydrogen-bond acceptors (Lipinski definition) is 6. The van der Waals surface area contributed by atoms with Crippen LogP contribution in [0.4, 0.5) is 0 Å². The molecule has 1 aliphatic rings. The van der Waals surface area contributed by atoms with E-state index in [2.05, 4.69) is 39.0 Å². The van der Waals surface area contributed by atoms with E-state index < -0.39 is 0 Å². The van der Waals surface area contributed by atoms with E-state index in [0.717, 1.165) is 30.5 Å². The average Bonchev–Trinajstić information content (AvgIpc) is 3.21. The molecule has 0 radical (unpaired) electrons. The maximum Gasteiger partial charge on any atom is 0.233 e. The number of benzene rings is 2. The van der Waals surface area contributed by atoms with Gasteiger partial charge in [0.05, 0.1) is 18.4 Å². The molecule has 1 aliphatic carbocycles. The van der Waals surface area contributed by atoms with Crippen LogP contribution in [0.1, 0.15) is 42.5 Å². The SMILES string of the molecule is COc1ccc(C)cc1-n1nnnc1S[C@H](C)C(=O)N[C@H]1CCCc2ccccc21. The van der Waals surface area contributed by atoms with Gasteiger partial charge in [0, 0.05) is 0 Å². The Balaban J connectivity index is 1.50. The van der Waals surface area contributed by atoms with Crippen LogP contribution in [0.5, 0.6) is 5.75 Å². The second-order valence-electron chi connectivity index (χ2n) is 7.46. The zero-order valence-electron chi connectivity index (χ0n) is 17.3. The molecular formula is C22H25N5O2S. The van der Waals surface area contributed by atoms with Gasteiger partial charge in [-0.05, 0) is 72.4 Å². The van der Waals surface area contributed by atoms with Gasteiger partial charge >= 0.3 is 0 Å². The Morgan fingerprint density at radius 1 is 1.30 bits per heavy atom. The lowest BCUT2D eigenvalue weighted by Gasteiger charge is -2.27. The number of carbonyl (C=O) groups excluding carboxylic acids is 1. The minimum absolute atomic E-state index is 0.0209. The highest BCUT2D eigenvalue weighted by Crippen LogP contribution is 2.31. The summed E-state index contributed by atoms with van der Waals surface area (Å²) >= 11 is 1.33. The maximum absolute atomic E-state index is 12.9. The minimum Gasteiger partial charge on any atom is -0.494 e. The van der Waals surface area contributed by atoms with Gasteiger partial charge < -0.3 is 10.1 Å². The van der Waals surface area contributed by atoms with E-state index in [1.54, 1.807) is 11.8 Å². The third kappa shape index (κ3) is 4.18. The molecule has 8 heteroatoms. The Hall–Kier alpha value is -2.87. The van der Waals surface area contributed by atoms with Crippen molar-refractivity contribution in [3.63, 3.8) is 0 Å². The number of carbonyl (C=O) groups is 1. The van der Waals surface area contributed by atoms with E-state index in [4.69, 9.17) is 4.74 Å². The van der Waals surface area contributed by atoms with E-state index >= 15 is 0 Å². The first-order valence-electron chi connectivity index (χ1n) is 10.0. The number of fused-ring (bicyclic) bond motifs is 1. The van der Waals surface area contributed by atoms with E-state index in [1.165, 1.54) is 22.9 Å². The molecule has 0 bridgehead atoms. The number of rotatable bonds is 6. The van der Waals surface area contributed by atoms with Gasteiger partial charge in [-0.15, -0.1) is 5.10 Å². The van der Waals surface area contributed by atoms with Crippen LogP contribution in [-0.2, 0) is 11.2 Å². The van der Waals surface area contributed by atoms with Crippen LogP contribution in [0.15, 0.2) is 47.6 Å². The lowest BCUT2D eigenvalue weighted by molar-refractivity contribution is -0.121. The number of hydrogen-bond donors (Lipinski definition) is 1. The lowest BCUT2D eigenvalue weighted by Crippen LogP contribution is -2.36. The first-order valence-corrected chi connectivity index (χ1v) is 10.9. The molecule has 1 aromatic heterocycles. The highest BCUT2D eigenvalue weighted by Gasteiger charge is 2.25. The largest absolute Gasteiger partial charge is 0.494 e. The summed E-state index contributed by atoms with van der Waals surface area (Å²) < 4.78 is 7.08. The van der Waals surface area contributed by atoms with Crippen LogP contribution in [-0.4, -0.2) is 38.5 Å². The average molecular weight is 424 g/mol. The molecule has 2 aromatic carbocycles. The highest BCUT2D eigenvalue weighted by molar-refractivity contribution is 8.00. The highest BCUT2D eigenvalue weighted by atomic mass is 32.2. The fourth-order valence-electron chi connectivity index (χ4n) is 3.77. The molecular weight excluding hydrogens is 398 g/mol. The molecule has 0 saturated carbocycles. The summed E-state index contributed by atoms with van der Waals surface area (Å²) in [5, 5.41) is 15.5. The van der Waals surface area contributed by atoms with Gasteiger partial charge in [-0.3, -0.25) is 4.79 Å². The third-order valence-corrected chi connectivity index (χ3v) is 6.37. The second-order valence-corrected chi connectivity index (χ2v) is 8.77. The van der Waals surface area contributed by atoms with Crippen molar-refractivity contribution in [2.75, 3.05) is 7.11 Å². The summed E-state index contributed by atoms with van der Waals surface area (Å²) in [5.41, 5.74) is 4.37. The molecule has 156 valence electrons. The van der Waals surface area contributed by atoms with Crippen molar-refractivity contribution >= 4 is 17.7 Å². The summed E-state index contributed by atoms with van der Waals surface area (Å²) in [6.45, 7) is 3.87. The normalized spacial score (nSPS) is 16.6. The van der Waals surface area contributed by atoms with Gasteiger partial charge in [-0.2, -0.15) is 4.68 Å². The van der Waals surface area contributed by atoms with Gasteiger partial charge in [0.2, 0.25) is 11.1 Å². The predicted octanol–water partition coefficient (Wildman–Crippen LogP) is 3.65. The van der Waals surface area contributed by atoms with Crippen LogP contribution < -0.4 is 10.1 Å². The van der Waals surface area contributed by atoms with Crippen molar-refractivity contribution in [1.82, 2.24) is 25.5 Å². The zero-order chi connectivity index (χ0) is 21.1. The third-order valence-electron chi connectivity index (χ3n) is 5.34. The van der Waals surface area contributed by atoms with Crippen LogP contribution in [0.2, 0.25) is 0 Å². The topological polar surface area (TPSA) is 81.9 Å². The molecule has 0 aliphatic heterocycles. The van der Waals surface area contributed by atoms with Crippen molar-refractivity contribution < 1.29 is 9.53 Å². The molecule has 3 aromatic rings. The molecule has 7 nitrogen and oxygen atoms in total. The van der Waals surface area contributed by atoms with E-state index in [9.17, 15) is 4.79 Å². The number of ether oxygens (including phenoxy) is 1. The Labute approximate surface area is 180 Å². The number of thioether (sulfide) groups is 1. The molecule has 1 amide bonds. The Bertz CT molecular complexity index is 1050. The molecule has 0 saturated heterocycles. The molecule has 30 heavy (non-hydrogen) atoms. The van der Waals surface area contributed by atoms with Crippen LogP contribution in [0, 0.1) is 6.92 Å². The fraction of sp³-hybridized carbons (Fsp3) is 0.364. The number of tetrazole rings is 1. The molecule has 0 unspecified atom stereocenters. The minimum atomic E-state index is -0.348. The number of methoxy groups -OCH3 is 1. The summed E-state index contributed by atoms with van der Waals surface area (Å²) in [7, 11) is 1.61. The summed E-state index contributed by atoms with van der Waals surface area (Å²) in [4.78, 5) is 12.9. The summed E-state index contributed by atoms with van der Waals surface area (Å²) in [6, 6.07) is 14.2. The summed E-state index contributed by atoms with van der Waals surface area (Å²) in [5.74, 6) is 0.651. The van der Waals surface area contributed by atoms with Gasteiger partial charge in [0.25, 0.3) is 0 Å². The molecule has 1 N–H and O–H groups in total. The Kier molecular flexibility index (Phi) is 6.03. The first-order chi connectivity index (χ1) is 14.6. The van der Waals surface area contributed by atoms with Crippen molar-refractivity contribution in [2.24, 2.45) is 0 Å².